The van der Waals surface area contributed by atoms with E-state index in [9.17, 15) is 0 Å². The van der Waals surface area contributed by atoms with Gasteiger partial charge in [0.05, 0.1) is 11.4 Å². The van der Waals surface area contributed by atoms with Gasteiger partial charge in [-0.15, -0.1) is 0 Å². The number of rotatable bonds is 3. The quantitative estimate of drug-likeness (QED) is 0.935. The van der Waals surface area contributed by atoms with E-state index in [1.807, 2.05) is 18.2 Å². The monoisotopic (exact) mass is 318 g/mol. The van der Waals surface area contributed by atoms with Crippen LogP contribution in [0.5, 0.6) is 5.75 Å². The van der Waals surface area contributed by atoms with Gasteiger partial charge in [-0.3, -0.25) is 4.98 Å². The molecule has 0 spiro atoms. The lowest BCUT2D eigenvalue weighted by molar-refractivity contribution is 0.302. The van der Waals surface area contributed by atoms with E-state index in [1.54, 1.807) is 6.20 Å². The summed E-state index contributed by atoms with van der Waals surface area (Å²) in [5.41, 5.74) is 3.41. The molecule has 3 rings (SSSR count). The summed E-state index contributed by atoms with van der Waals surface area (Å²) in [5, 5.41) is 3.42. The van der Waals surface area contributed by atoms with E-state index in [1.165, 1.54) is 12.0 Å². The van der Waals surface area contributed by atoms with Crippen LogP contribution in [0, 0.1) is 0 Å². The molecule has 1 aliphatic heterocycles. The highest BCUT2D eigenvalue weighted by molar-refractivity contribution is 9.10. The van der Waals surface area contributed by atoms with Gasteiger partial charge in [-0.05, 0) is 52.5 Å². The van der Waals surface area contributed by atoms with Crippen molar-refractivity contribution in [3.8, 4) is 5.75 Å². The average Bonchev–Trinajstić information content (AvgIpc) is 2.47. The second kappa shape index (κ2) is 5.61. The number of aryl methyl sites for hydroxylation is 1. The predicted molar refractivity (Wildman–Crippen MR) is 79.5 cm³/mol. The van der Waals surface area contributed by atoms with E-state index >= 15 is 0 Å². The summed E-state index contributed by atoms with van der Waals surface area (Å²) >= 11 is 3.38. The highest BCUT2D eigenvalue weighted by atomic mass is 79.9. The molecular weight excluding hydrogens is 304 g/mol. The Morgan fingerprint density at radius 1 is 1.26 bits per heavy atom. The van der Waals surface area contributed by atoms with Gasteiger partial charge in [-0.1, -0.05) is 12.1 Å². The van der Waals surface area contributed by atoms with Crippen molar-refractivity contribution in [2.75, 3.05) is 11.9 Å². The summed E-state index contributed by atoms with van der Waals surface area (Å²) in [7, 11) is 0. The molecule has 0 fully saturated rings. The molecule has 0 atom stereocenters. The Hall–Kier alpha value is -1.55. The van der Waals surface area contributed by atoms with Gasteiger partial charge < -0.3 is 10.1 Å². The number of nitrogens with zero attached hydrogens (tertiary/aromatic N) is 1. The molecular formula is C15H15BrN2O. The Kier molecular flexibility index (Phi) is 3.69. The van der Waals surface area contributed by atoms with Crippen LogP contribution < -0.4 is 10.1 Å². The molecule has 4 heteroatoms. The van der Waals surface area contributed by atoms with E-state index in [0.29, 0.717) is 6.61 Å². The summed E-state index contributed by atoms with van der Waals surface area (Å²) in [4.78, 5) is 4.31. The van der Waals surface area contributed by atoms with Gasteiger partial charge in [0.15, 0.2) is 0 Å². The minimum absolute atomic E-state index is 0.491. The Morgan fingerprint density at radius 2 is 2.21 bits per heavy atom. The summed E-state index contributed by atoms with van der Waals surface area (Å²) in [6.45, 7) is 1.51. The lowest BCUT2D eigenvalue weighted by atomic mass is 10.0. The number of para-hydroxylation sites is 1. The summed E-state index contributed by atoms with van der Waals surface area (Å²) < 4.78 is 6.87. The maximum absolute atomic E-state index is 5.89. The lowest BCUT2D eigenvalue weighted by Gasteiger charge is -2.21. The van der Waals surface area contributed by atoms with Crippen LogP contribution in [0.25, 0.3) is 0 Å². The van der Waals surface area contributed by atoms with E-state index in [-0.39, 0.29) is 0 Å². The predicted octanol–water partition coefficient (Wildman–Crippen LogP) is 3.78. The van der Waals surface area contributed by atoms with Gasteiger partial charge in [0, 0.05) is 17.2 Å². The third-order valence-electron chi connectivity index (χ3n) is 3.20. The zero-order valence-corrected chi connectivity index (χ0v) is 12.1. The Bertz CT molecular complexity index is 569. The fourth-order valence-electron chi connectivity index (χ4n) is 2.24. The van der Waals surface area contributed by atoms with Crippen molar-refractivity contribution < 1.29 is 4.74 Å². The SMILES string of the molecule is Brc1ccc(COc2cccc3c2NCCC3)nc1. The summed E-state index contributed by atoms with van der Waals surface area (Å²) in [6.07, 6.45) is 4.10. The third-order valence-corrected chi connectivity index (χ3v) is 3.67. The molecule has 98 valence electrons. The molecule has 2 heterocycles. The maximum Gasteiger partial charge on any atom is 0.143 e. The van der Waals surface area contributed by atoms with Crippen molar-refractivity contribution in [2.24, 2.45) is 0 Å². The number of fused-ring (bicyclic) bond motifs is 1. The number of benzene rings is 1. The number of hydrogen-bond acceptors (Lipinski definition) is 3. The fraction of sp³-hybridized carbons (Fsp3) is 0.267. The third kappa shape index (κ3) is 2.89. The van der Waals surface area contributed by atoms with E-state index in [4.69, 9.17) is 4.74 Å². The first-order chi connectivity index (χ1) is 9.33. The Labute approximate surface area is 121 Å². The molecule has 1 N–H and O–H groups in total. The van der Waals surface area contributed by atoms with Crippen LogP contribution in [0.15, 0.2) is 41.0 Å². The Morgan fingerprint density at radius 3 is 3.05 bits per heavy atom. The number of anilines is 1. The number of nitrogens with one attached hydrogen (secondary N) is 1. The number of pyridine rings is 1. The molecule has 1 aromatic heterocycles. The average molecular weight is 319 g/mol. The van der Waals surface area contributed by atoms with Crippen LogP contribution in [-0.4, -0.2) is 11.5 Å². The highest BCUT2D eigenvalue weighted by Crippen LogP contribution is 2.32. The largest absolute Gasteiger partial charge is 0.485 e. The zero-order valence-electron chi connectivity index (χ0n) is 10.5. The van der Waals surface area contributed by atoms with Crippen LogP contribution in [0.3, 0.4) is 0 Å². The molecule has 0 radical (unpaired) electrons. The lowest BCUT2D eigenvalue weighted by Crippen LogP contribution is -2.13. The van der Waals surface area contributed by atoms with E-state index < -0.39 is 0 Å². The zero-order chi connectivity index (χ0) is 13.1. The first-order valence-corrected chi connectivity index (χ1v) is 7.21. The van der Waals surface area contributed by atoms with Crippen molar-refractivity contribution in [3.63, 3.8) is 0 Å². The molecule has 1 aromatic carbocycles. The maximum atomic E-state index is 5.89. The molecule has 2 aromatic rings. The fourth-order valence-corrected chi connectivity index (χ4v) is 2.48. The molecule has 0 saturated heterocycles. The van der Waals surface area contributed by atoms with E-state index in [0.717, 1.165) is 34.6 Å². The van der Waals surface area contributed by atoms with Crippen LogP contribution >= 0.6 is 15.9 Å². The van der Waals surface area contributed by atoms with Crippen LogP contribution in [0.2, 0.25) is 0 Å². The highest BCUT2D eigenvalue weighted by Gasteiger charge is 2.13. The van der Waals surface area contributed by atoms with Crippen LogP contribution in [0.1, 0.15) is 17.7 Å². The van der Waals surface area contributed by atoms with Gasteiger partial charge in [0.25, 0.3) is 0 Å². The van der Waals surface area contributed by atoms with Crippen molar-refractivity contribution in [2.45, 2.75) is 19.4 Å². The van der Waals surface area contributed by atoms with Crippen LogP contribution in [0.4, 0.5) is 5.69 Å². The molecule has 1 aliphatic rings. The minimum atomic E-state index is 0.491. The number of halogens is 1. The van der Waals surface area contributed by atoms with Crippen molar-refractivity contribution in [3.05, 3.63) is 52.3 Å². The molecule has 0 bridgehead atoms. The number of ether oxygens (including phenoxy) is 1. The minimum Gasteiger partial charge on any atom is -0.485 e. The normalized spacial score (nSPS) is 13.5. The molecule has 3 nitrogen and oxygen atoms in total. The number of aromatic nitrogens is 1. The van der Waals surface area contributed by atoms with Crippen molar-refractivity contribution >= 4 is 21.6 Å². The second-order valence-electron chi connectivity index (χ2n) is 4.58. The van der Waals surface area contributed by atoms with Crippen molar-refractivity contribution in [1.82, 2.24) is 4.98 Å². The van der Waals surface area contributed by atoms with Gasteiger partial charge in [0.2, 0.25) is 0 Å². The molecule has 0 unspecified atom stereocenters. The van der Waals surface area contributed by atoms with Gasteiger partial charge in [-0.2, -0.15) is 0 Å². The molecule has 0 aliphatic carbocycles. The van der Waals surface area contributed by atoms with E-state index in [2.05, 4.69) is 38.4 Å². The van der Waals surface area contributed by atoms with Gasteiger partial charge in [-0.25, -0.2) is 0 Å². The smallest absolute Gasteiger partial charge is 0.143 e. The molecule has 19 heavy (non-hydrogen) atoms. The first kappa shape index (κ1) is 12.5. The second-order valence-corrected chi connectivity index (χ2v) is 5.49. The van der Waals surface area contributed by atoms with Gasteiger partial charge in [0.1, 0.15) is 12.4 Å². The van der Waals surface area contributed by atoms with Gasteiger partial charge >= 0.3 is 0 Å². The first-order valence-electron chi connectivity index (χ1n) is 6.42. The van der Waals surface area contributed by atoms with Crippen molar-refractivity contribution in [1.29, 1.82) is 0 Å². The standard InChI is InChI=1S/C15H15BrN2O/c16-12-6-7-13(18-9-12)10-19-14-5-1-3-11-4-2-8-17-15(11)14/h1,3,5-7,9,17H,2,4,8,10H2. The molecule has 0 saturated carbocycles. The summed E-state index contributed by atoms with van der Waals surface area (Å²) in [5.74, 6) is 0.918. The molecule has 0 amide bonds. The topological polar surface area (TPSA) is 34.1 Å². The summed E-state index contributed by atoms with van der Waals surface area (Å²) in [6, 6.07) is 10.2. The Balaban J connectivity index is 1.75. The number of hydrogen-bond donors (Lipinski definition) is 1. The van der Waals surface area contributed by atoms with Crippen LogP contribution in [-0.2, 0) is 13.0 Å².